The number of aromatic nitrogens is 1. The van der Waals surface area contributed by atoms with Crippen molar-refractivity contribution in [2.24, 2.45) is 5.73 Å². The van der Waals surface area contributed by atoms with E-state index in [2.05, 4.69) is 4.98 Å². The lowest BCUT2D eigenvalue weighted by molar-refractivity contribution is 0.415. The molecule has 3 nitrogen and oxygen atoms in total. The summed E-state index contributed by atoms with van der Waals surface area (Å²) in [4.78, 5) is 4.41. The fourth-order valence-corrected chi connectivity index (χ4v) is 2.11. The van der Waals surface area contributed by atoms with Crippen LogP contribution in [0.2, 0.25) is 0 Å². The topological polar surface area (TPSA) is 48.1 Å². The monoisotopic (exact) mass is 292 g/mol. The van der Waals surface area contributed by atoms with Crippen molar-refractivity contribution < 1.29 is 4.74 Å². The minimum absolute atomic E-state index is 0. The van der Waals surface area contributed by atoms with E-state index in [4.69, 9.17) is 10.5 Å². The second-order valence-electron chi connectivity index (χ2n) is 3.08. The molecule has 0 amide bonds. The normalized spacial score (nSPS) is 9.06. The highest BCUT2D eigenvalue weighted by atomic mass is 35.5. The van der Waals surface area contributed by atoms with Crippen molar-refractivity contribution in [2.45, 2.75) is 6.54 Å². The van der Waals surface area contributed by atoms with Gasteiger partial charge in [-0.2, -0.15) is 0 Å². The molecule has 1 heterocycles. The fraction of sp³-hybridized carbons (Fsp3) is 0.182. The number of benzene rings is 1. The van der Waals surface area contributed by atoms with Crippen LogP contribution in [0.1, 0.15) is 5.69 Å². The van der Waals surface area contributed by atoms with Gasteiger partial charge in [0.15, 0.2) is 0 Å². The molecular weight excluding hydrogens is 279 g/mol. The van der Waals surface area contributed by atoms with Crippen LogP contribution >= 0.6 is 36.2 Å². The Hall–Kier alpha value is -0.810. The number of halogens is 2. The van der Waals surface area contributed by atoms with Crippen LogP contribution in [0.3, 0.4) is 0 Å². The van der Waals surface area contributed by atoms with Crippen LogP contribution in [-0.4, -0.2) is 12.1 Å². The summed E-state index contributed by atoms with van der Waals surface area (Å²) in [6.45, 7) is 0.493. The highest BCUT2D eigenvalue weighted by molar-refractivity contribution is 7.13. The maximum absolute atomic E-state index is 5.51. The average Bonchev–Trinajstić information content (AvgIpc) is 2.78. The molecule has 6 heteroatoms. The van der Waals surface area contributed by atoms with E-state index < -0.39 is 0 Å². The highest BCUT2D eigenvalue weighted by Crippen LogP contribution is 2.25. The van der Waals surface area contributed by atoms with Crippen LogP contribution < -0.4 is 10.5 Å². The molecule has 17 heavy (non-hydrogen) atoms. The van der Waals surface area contributed by atoms with Crippen molar-refractivity contribution >= 4 is 36.2 Å². The van der Waals surface area contributed by atoms with E-state index in [1.807, 2.05) is 29.6 Å². The molecule has 1 aromatic heterocycles. The number of nitrogens with zero attached hydrogens (tertiary/aromatic N) is 1. The summed E-state index contributed by atoms with van der Waals surface area (Å²) >= 11 is 1.61. The lowest BCUT2D eigenvalue weighted by atomic mass is 10.2. The second-order valence-corrected chi connectivity index (χ2v) is 3.93. The molecule has 0 fully saturated rings. The molecule has 0 atom stereocenters. The average molecular weight is 293 g/mol. The van der Waals surface area contributed by atoms with Crippen molar-refractivity contribution in [2.75, 3.05) is 7.11 Å². The largest absolute Gasteiger partial charge is 0.497 e. The van der Waals surface area contributed by atoms with Crippen molar-refractivity contribution in [1.29, 1.82) is 0 Å². The maximum atomic E-state index is 5.51. The van der Waals surface area contributed by atoms with Crippen LogP contribution in [0.25, 0.3) is 10.6 Å². The lowest BCUT2D eigenvalue weighted by Gasteiger charge is -1.99. The predicted octanol–water partition coefficient (Wildman–Crippen LogP) is 3.12. The minimum Gasteiger partial charge on any atom is -0.497 e. The van der Waals surface area contributed by atoms with E-state index in [0.29, 0.717) is 6.54 Å². The Kier molecular flexibility index (Phi) is 7.15. The van der Waals surface area contributed by atoms with Gasteiger partial charge in [0.1, 0.15) is 10.8 Å². The zero-order valence-corrected chi connectivity index (χ0v) is 11.7. The van der Waals surface area contributed by atoms with Crippen LogP contribution in [0, 0.1) is 0 Å². The van der Waals surface area contributed by atoms with Crippen LogP contribution in [-0.2, 0) is 6.54 Å². The SMILES string of the molecule is COc1ccc(-c2nc(CN)cs2)cc1.Cl.Cl. The van der Waals surface area contributed by atoms with E-state index in [0.717, 1.165) is 22.0 Å². The standard InChI is InChI=1S/C11H12N2OS.2ClH/c1-14-10-4-2-8(3-5-10)11-13-9(6-12)7-15-11;;/h2-5,7H,6,12H2,1H3;2*1H. The van der Waals surface area contributed by atoms with Gasteiger partial charge in [0.05, 0.1) is 12.8 Å². The summed E-state index contributed by atoms with van der Waals surface area (Å²) in [7, 11) is 1.66. The van der Waals surface area contributed by atoms with Gasteiger partial charge < -0.3 is 10.5 Å². The van der Waals surface area contributed by atoms with Gasteiger partial charge in [-0.1, -0.05) is 0 Å². The van der Waals surface area contributed by atoms with E-state index in [9.17, 15) is 0 Å². The third kappa shape index (κ3) is 3.85. The molecule has 0 radical (unpaired) electrons. The number of ether oxygens (including phenoxy) is 1. The summed E-state index contributed by atoms with van der Waals surface area (Å²) in [5.74, 6) is 0.856. The van der Waals surface area contributed by atoms with E-state index in [1.165, 1.54) is 0 Å². The Morgan fingerprint density at radius 1 is 1.24 bits per heavy atom. The van der Waals surface area contributed by atoms with Gasteiger partial charge in [0, 0.05) is 17.5 Å². The van der Waals surface area contributed by atoms with E-state index in [-0.39, 0.29) is 24.8 Å². The molecule has 94 valence electrons. The van der Waals surface area contributed by atoms with Gasteiger partial charge in [0.2, 0.25) is 0 Å². The molecule has 0 bridgehead atoms. The molecule has 2 aromatic rings. The highest BCUT2D eigenvalue weighted by Gasteiger charge is 2.03. The number of hydrogen-bond donors (Lipinski definition) is 1. The maximum Gasteiger partial charge on any atom is 0.123 e. The van der Waals surface area contributed by atoms with Gasteiger partial charge in [0.25, 0.3) is 0 Å². The first-order valence-corrected chi connectivity index (χ1v) is 5.50. The van der Waals surface area contributed by atoms with Crippen molar-refractivity contribution in [3.63, 3.8) is 0 Å². The first kappa shape index (κ1) is 16.2. The van der Waals surface area contributed by atoms with Crippen molar-refractivity contribution in [1.82, 2.24) is 4.98 Å². The molecule has 2 rings (SSSR count). The quantitative estimate of drug-likeness (QED) is 0.946. The predicted molar refractivity (Wildman–Crippen MR) is 76.5 cm³/mol. The lowest BCUT2D eigenvalue weighted by Crippen LogP contribution is -1.95. The Bertz CT molecular complexity index is 445. The third-order valence-corrected chi connectivity index (χ3v) is 3.04. The van der Waals surface area contributed by atoms with Crippen LogP contribution in [0.5, 0.6) is 5.75 Å². The van der Waals surface area contributed by atoms with Crippen molar-refractivity contribution in [3.8, 4) is 16.3 Å². The first-order chi connectivity index (χ1) is 7.33. The number of rotatable bonds is 3. The summed E-state index contributed by atoms with van der Waals surface area (Å²) in [5.41, 5.74) is 7.54. The molecule has 0 saturated heterocycles. The first-order valence-electron chi connectivity index (χ1n) is 4.62. The third-order valence-electron chi connectivity index (χ3n) is 2.10. The van der Waals surface area contributed by atoms with Gasteiger partial charge in [-0.05, 0) is 24.3 Å². The zero-order chi connectivity index (χ0) is 10.7. The smallest absolute Gasteiger partial charge is 0.123 e. The Morgan fingerprint density at radius 3 is 2.35 bits per heavy atom. The summed E-state index contributed by atoms with van der Waals surface area (Å²) in [6, 6.07) is 7.85. The minimum atomic E-state index is 0. The van der Waals surface area contributed by atoms with Gasteiger partial charge >= 0.3 is 0 Å². The van der Waals surface area contributed by atoms with Gasteiger partial charge in [-0.15, -0.1) is 36.2 Å². The summed E-state index contributed by atoms with van der Waals surface area (Å²) in [5, 5.41) is 2.98. The van der Waals surface area contributed by atoms with E-state index in [1.54, 1.807) is 18.4 Å². The molecule has 0 aliphatic heterocycles. The molecular formula is C11H14Cl2N2OS. The number of methoxy groups -OCH3 is 1. The second kappa shape index (κ2) is 7.50. The van der Waals surface area contributed by atoms with E-state index >= 15 is 0 Å². The molecule has 0 saturated carbocycles. The van der Waals surface area contributed by atoms with Crippen LogP contribution in [0.15, 0.2) is 29.6 Å². The Morgan fingerprint density at radius 2 is 1.88 bits per heavy atom. The zero-order valence-electron chi connectivity index (χ0n) is 9.25. The van der Waals surface area contributed by atoms with Gasteiger partial charge in [-0.25, -0.2) is 4.98 Å². The fourth-order valence-electron chi connectivity index (χ4n) is 1.27. The molecule has 0 unspecified atom stereocenters. The van der Waals surface area contributed by atoms with Gasteiger partial charge in [-0.3, -0.25) is 0 Å². The number of nitrogens with two attached hydrogens (primary N) is 1. The number of thiazole rings is 1. The molecule has 1 aromatic carbocycles. The summed E-state index contributed by atoms with van der Waals surface area (Å²) in [6.07, 6.45) is 0. The Labute approximate surface area is 117 Å². The molecule has 2 N–H and O–H groups in total. The summed E-state index contributed by atoms with van der Waals surface area (Å²) < 4.78 is 5.09. The number of hydrogen-bond acceptors (Lipinski definition) is 4. The molecule has 0 aliphatic carbocycles. The molecule has 0 spiro atoms. The van der Waals surface area contributed by atoms with Crippen LogP contribution in [0.4, 0.5) is 0 Å². The Balaban J connectivity index is 0.00000128. The molecule has 0 aliphatic rings. The van der Waals surface area contributed by atoms with Crippen molar-refractivity contribution in [3.05, 3.63) is 35.3 Å².